The number of benzene rings is 2. The van der Waals surface area contributed by atoms with Gasteiger partial charge in [-0.15, -0.1) is 0 Å². The molecular formula is C20H22ClN3O2. The fourth-order valence-corrected chi connectivity index (χ4v) is 3.72. The molecule has 0 radical (unpaired) electrons. The van der Waals surface area contributed by atoms with Crippen molar-refractivity contribution in [2.45, 2.75) is 24.9 Å². The van der Waals surface area contributed by atoms with Crippen molar-refractivity contribution in [1.82, 2.24) is 0 Å². The lowest BCUT2D eigenvalue weighted by molar-refractivity contribution is 0.0778. The minimum absolute atomic E-state index is 0.224. The highest BCUT2D eigenvalue weighted by Gasteiger charge is 2.41. The third kappa shape index (κ3) is 3.37. The van der Waals surface area contributed by atoms with E-state index in [1.54, 1.807) is 7.11 Å². The zero-order valence-corrected chi connectivity index (χ0v) is 15.5. The van der Waals surface area contributed by atoms with E-state index in [0.717, 1.165) is 59.6 Å². The standard InChI is InChI=1S/C20H22ClN3O2/c1-25-16-5-6-17-18(12-16)23-19(20(24-17)7-9-26-10-8-20)22-13-14-3-2-4-15(21)11-14/h2-6,11-12,24H,7-10,13H2,1H3,(H,22,23). The van der Waals surface area contributed by atoms with Gasteiger partial charge in [-0.1, -0.05) is 23.7 Å². The predicted molar refractivity (Wildman–Crippen MR) is 106 cm³/mol. The quantitative estimate of drug-likeness (QED) is 0.843. The molecule has 0 saturated carbocycles. The maximum absolute atomic E-state index is 6.10. The summed E-state index contributed by atoms with van der Waals surface area (Å²) in [6, 6.07) is 13.8. The van der Waals surface area contributed by atoms with E-state index in [0.29, 0.717) is 6.54 Å². The molecule has 136 valence electrons. The van der Waals surface area contributed by atoms with Gasteiger partial charge in [-0.05, 0) is 29.8 Å². The molecule has 0 atom stereocenters. The third-order valence-electron chi connectivity index (χ3n) is 4.96. The second-order valence-corrected chi connectivity index (χ2v) is 7.09. The summed E-state index contributed by atoms with van der Waals surface area (Å²) in [5, 5.41) is 7.97. The number of halogens is 1. The first-order valence-electron chi connectivity index (χ1n) is 8.79. The number of hydrogen-bond donors (Lipinski definition) is 2. The van der Waals surface area contributed by atoms with Gasteiger partial charge in [0.2, 0.25) is 0 Å². The number of nitrogens with one attached hydrogen (secondary N) is 2. The molecule has 26 heavy (non-hydrogen) atoms. The highest BCUT2D eigenvalue weighted by molar-refractivity contribution is 6.30. The van der Waals surface area contributed by atoms with Gasteiger partial charge in [0.05, 0.1) is 30.6 Å². The summed E-state index contributed by atoms with van der Waals surface area (Å²) in [6.07, 6.45) is 1.75. The van der Waals surface area contributed by atoms with Gasteiger partial charge >= 0.3 is 0 Å². The number of nitrogens with zero attached hydrogens (tertiary/aromatic N) is 1. The number of anilines is 2. The van der Waals surface area contributed by atoms with Crippen LogP contribution in [0.25, 0.3) is 0 Å². The zero-order chi connectivity index (χ0) is 18.0. The molecule has 2 N–H and O–H groups in total. The predicted octanol–water partition coefficient (Wildman–Crippen LogP) is 4.33. The van der Waals surface area contributed by atoms with Crippen LogP contribution in [0.15, 0.2) is 47.5 Å². The molecule has 4 rings (SSSR count). The molecular weight excluding hydrogens is 350 g/mol. The molecule has 1 fully saturated rings. The van der Waals surface area contributed by atoms with Crippen LogP contribution >= 0.6 is 11.6 Å². The topological polar surface area (TPSA) is 54.9 Å². The van der Waals surface area contributed by atoms with Gasteiger partial charge in [-0.25, -0.2) is 0 Å². The van der Waals surface area contributed by atoms with Gasteiger partial charge in [-0.2, -0.15) is 0 Å². The van der Waals surface area contributed by atoms with E-state index in [1.165, 1.54) is 0 Å². The van der Waals surface area contributed by atoms with Crippen LogP contribution in [0.4, 0.5) is 11.4 Å². The molecule has 0 aromatic heterocycles. The first kappa shape index (κ1) is 17.2. The van der Waals surface area contributed by atoms with Crippen LogP contribution in [0.5, 0.6) is 5.75 Å². The van der Waals surface area contributed by atoms with E-state index < -0.39 is 0 Å². The van der Waals surface area contributed by atoms with Gasteiger partial charge in [0.1, 0.15) is 11.6 Å². The highest BCUT2D eigenvalue weighted by atomic mass is 35.5. The van der Waals surface area contributed by atoms with Crippen molar-refractivity contribution in [3.63, 3.8) is 0 Å². The molecule has 0 unspecified atom stereocenters. The van der Waals surface area contributed by atoms with Crippen molar-refractivity contribution >= 4 is 28.8 Å². The Hall–Kier alpha value is -2.24. The molecule has 1 spiro atoms. The van der Waals surface area contributed by atoms with Gasteiger partial charge in [0.25, 0.3) is 0 Å². The van der Waals surface area contributed by atoms with Gasteiger partial charge in [-0.3, -0.25) is 4.99 Å². The Morgan fingerprint density at radius 3 is 2.77 bits per heavy atom. The van der Waals surface area contributed by atoms with Crippen molar-refractivity contribution < 1.29 is 9.47 Å². The molecule has 2 aliphatic heterocycles. The van der Waals surface area contributed by atoms with Crippen LogP contribution in [-0.4, -0.2) is 31.7 Å². The highest BCUT2D eigenvalue weighted by Crippen LogP contribution is 2.38. The van der Waals surface area contributed by atoms with Crippen LogP contribution in [0.3, 0.4) is 0 Å². The number of hydrogen-bond acceptors (Lipinski definition) is 4. The smallest absolute Gasteiger partial charge is 0.127 e. The Kier molecular flexibility index (Phi) is 4.74. The van der Waals surface area contributed by atoms with Crippen molar-refractivity contribution in [3.05, 3.63) is 53.1 Å². The summed E-state index contributed by atoms with van der Waals surface area (Å²) in [5.41, 5.74) is 2.91. The average molecular weight is 372 g/mol. The second-order valence-electron chi connectivity index (χ2n) is 6.65. The van der Waals surface area contributed by atoms with E-state index >= 15 is 0 Å². The number of amidine groups is 1. The van der Waals surface area contributed by atoms with E-state index in [2.05, 4.69) is 10.6 Å². The van der Waals surface area contributed by atoms with Crippen molar-refractivity contribution in [3.8, 4) is 5.75 Å². The molecule has 0 amide bonds. The maximum Gasteiger partial charge on any atom is 0.127 e. The molecule has 5 nitrogen and oxygen atoms in total. The summed E-state index contributed by atoms with van der Waals surface area (Å²) in [4.78, 5) is 4.91. The van der Waals surface area contributed by atoms with Crippen LogP contribution in [-0.2, 0) is 11.3 Å². The van der Waals surface area contributed by atoms with Crippen molar-refractivity contribution in [1.29, 1.82) is 0 Å². The Labute approximate surface area is 158 Å². The molecule has 1 saturated heterocycles. The van der Waals surface area contributed by atoms with Crippen LogP contribution in [0.1, 0.15) is 18.4 Å². The van der Waals surface area contributed by atoms with Crippen molar-refractivity contribution in [2.75, 3.05) is 31.0 Å². The normalized spacial score (nSPS) is 19.5. The van der Waals surface area contributed by atoms with E-state index in [9.17, 15) is 0 Å². The van der Waals surface area contributed by atoms with Crippen LogP contribution in [0.2, 0.25) is 5.02 Å². The molecule has 6 heteroatoms. The summed E-state index contributed by atoms with van der Waals surface area (Å²) in [5.74, 6) is 1.76. The van der Waals surface area contributed by atoms with E-state index in [1.807, 2.05) is 42.5 Å². The first-order chi connectivity index (χ1) is 12.7. The number of aliphatic imine (C=N–C) groups is 1. The number of methoxy groups -OCH3 is 1. The second kappa shape index (κ2) is 7.17. The number of fused-ring (bicyclic) bond motifs is 1. The summed E-state index contributed by atoms with van der Waals surface area (Å²) < 4.78 is 10.9. The average Bonchev–Trinajstić information content (AvgIpc) is 2.67. The Balaban J connectivity index is 1.67. The van der Waals surface area contributed by atoms with Crippen LogP contribution in [0, 0.1) is 0 Å². The molecule has 2 aliphatic rings. The number of ether oxygens (including phenoxy) is 2. The van der Waals surface area contributed by atoms with Gasteiger partial charge in [0.15, 0.2) is 0 Å². The number of rotatable bonds is 3. The molecule has 0 aliphatic carbocycles. The van der Waals surface area contributed by atoms with E-state index in [-0.39, 0.29) is 5.54 Å². The Morgan fingerprint density at radius 2 is 2.00 bits per heavy atom. The first-order valence-corrected chi connectivity index (χ1v) is 9.17. The molecule has 2 aromatic carbocycles. The minimum atomic E-state index is -0.224. The Morgan fingerprint density at radius 1 is 1.15 bits per heavy atom. The third-order valence-corrected chi connectivity index (χ3v) is 5.20. The monoisotopic (exact) mass is 371 g/mol. The van der Waals surface area contributed by atoms with Crippen LogP contribution < -0.4 is 15.4 Å². The van der Waals surface area contributed by atoms with E-state index in [4.69, 9.17) is 26.1 Å². The van der Waals surface area contributed by atoms with Crippen molar-refractivity contribution in [2.24, 2.45) is 4.99 Å². The maximum atomic E-state index is 6.10. The fraction of sp³-hybridized carbons (Fsp3) is 0.350. The molecule has 2 heterocycles. The lowest BCUT2D eigenvalue weighted by Gasteiger charge is -2.43. The lowest BCUT2D eigenvalue weighted by Crippen LogP contribution is -2.55. The fourth-order valence-electron chi connectivity index (χ4n) is 3.51. The lowest BCUT2D eigenvalue weighted by atomic mass is 9.86. The SMILES string of the molecule is COc1ccc2c(c1)NC(=NCc1cccc(Cl)c1)C1(CCOCC1)N2. The minimum Gasteiger partial charge on any atom is -0.497 e. The summed E-state index contributed by atoms with van der Waals surface area (Å²) in [7, 11) is 1.67. The Bertz CT molecular complexity index is 832. The van der Waals surface area contributed by atoms with Gasteiger partial charge in [0, 0.05) is 37.1 Å². The summed E-state index contributed by atoms with van der Waals surface area (Å²) >= 11 is 6.10. The zero-order valence-electron chi connectivity index (χ0n) is 14.7. The largest absolute Gasteiger partial charge is 0.497 e. The summed E-state index contributed by atoms with van der Waals surface area (Å²) in [6.45, 7) is 2.01. The molecule has 0 bridgehead atoms. The molecule has 2 aromatic rings. The van der Waals surface area contributed by atoms with Gasteiger partial charge < -0.3 is 20.1 Å².